The average Bonchev–Trinajstić information content (AvgIpc) is 3.08. The molecule has 0 aliphatic carbocycles. The molecule has 0 radical (unpaired) electrons. The molecule has 6 nitrogen and oxygen atoms in total. The van der Waals surface area contributed by atoms with E-state index in [4.69, 9.17) is 4.74 Å². The van der Waals surface area contributed by atoms with Gasteiger partial charge in [0.1, 0.15) is 11.7 Å². The van der Waals surface area contributed by atoms with Gasteiger partial charge in [-0.1, -0.05) is 12.1 Å². The van der Waals surface area contributed by atoms with Gasteiger partial charge in [-0.15, -0.1) is 0 Å². The van der Waals surface area contributed by atoms with Crippen LogP contribution in [0.2, 0.25) is 0 Å². The predicted octanol–water partition coefficient (Wildman–Crippen LogP) is 3.40. The highest BCUT2D eigenvalue weighted by molar-refractivity contribution is 5.75. The molecule has 2 heterocycles. The third kappa shape index (κ3) is 3.15. The first-order valence-electron chi connectivity index (χ1n) is 8.80. The highest BCUT2D eigenvalue weighted by Gasteiger charge is 2.13. The van der Waals surface area contributed by atoms with E-state index in [-0.39, 0.29) is 17.9 Å². The van der Waals surface area contributed by atoms with Crippen LogP contribution in [0.25, 0.3) is 16.7 Å². The van der Waals surface area contributed by atoms with Gasteiger partial charge in [-0.25, -0.2) is 14.1 Å². The average molecular weight is 378 g/mol. The van der Waals surface area contributed by atoms with Crippen molar-refractivity contribution in [2.75, 3.05) is 7.11 Å². The molecule has 0 spiro atoms. The Morgan fingerprint density at radius 3 is 2.54 bits per heavy atom. The maximum atomic E-state index is 13.9. The molecule has 0 unspecified atom stereocenters. The van der Waals surface area contributed by atoms with Crippen molar-refractivity contribution in [3.05, 3.63) is 81.8 Å². The van der Waals surface area contributed by atoms with E-state index >= 15 is 0 Å². The number of halogens is 1. The Bertz CT molecular complexity index is 1220. The van der Waals surface area contributed by atoms with Crippen LogP contribution in [0.5, 0.6) is 5.75 Å². The Labute approximate surface area is 160 Å². The second kappa shape index (κ2) is 6.92. The summed E-state index contributed by atoms with van der Waals surface area (Å²) in [6.45, 7) is 4.23. The van der Waals surface area contributed by atoms with Crippen LogP contribution in [-0.2, 0) is 6.54 Å². The number of hydrogen-bond acceptors (Lipinski definition) is 4. The van der Waals surface area contributed by atoms with Crippen LogP contribution in [0, 0.1) is 19.7 Å². The molecule has 0 aliphatic rings. The van der Waals surface area contributed by atoms with Gasteiger partial charge in [0.05, 0.1) is 25.5 Å². The fraction of sp³-hybridized carbons (Fsp3) is 0.190. The molecule has 28 heavy (non-hydrogen) atoms. The lowest BCUT2D eigenvalue weighted by molar-refractivity contribution is 0.386. The number of fused-ring (bicyclic) bond motifs is 1. The Morgan fingerprint density at radius 1 is 1.11 bits per heavy atom. The summed E-state index contributed by atoms with van der Waals surface area (Å²) in [5.74, 6) is -0.302. The molecule has 142 valence electrons. The monoisotopic (exact) mass is 378 g/mol. The van der Waals surface area contributed by atoms with Gasteiger partial charge in [0, 0.05) is 0 Å². The van der Waals surface area contributed by atoms with Gasteiger partial charge in [-0.05, 0) is 54.8 Å². The van der Waals surface area contributed by atoms with Gasteiger partial charge < -0.3 is 4.74 Å². The Morgan fingerprint density at radius 2 is 1.86 bits per heavy atom. The number of aromatic nitrogens is 4. The topological polar surface area (TPSA) is 61.9 Å². The van der Waals surface area contributed by atoms with Crippen LogP contribution >= 0.6 is 0 Å². The molecule has 2 aromatic heterocycles. The van der Waals surface area contributed by atoms with Crippen molar-refractivity contribution in [3.8, 4) is 11.4 Å². The van der Waals surface area contributed by atoms with E-state index in [1.807, 2.05) is 26.0 Å². The van der Waals surface area contributed by atoms with Crippen LogP contribution in [0.4, 0.5) is 4.39 Å². The molecule has 0 amide bonds. The van der Waals surface area contributed by atoms with Crippen molar-refractivity contribution in [2.45, 2.75) is 20.4 Å². The second-order valence-corrected chi connectivity index (χ2v) is 6.79. The van der Waals surface area contributed by atoms with Gasteiger partial charge >= 0.3 is 0 Å². The number of aryl methyl sites for hydroxylation is 2. The Balaban J connectivity index is 1.74. The number of ether oxygens (including phenoxy) is 1. The summed E-state index contributed by atoms with van der Waals surface area (Å²) in [6.07, 6.45) is 2.99. The SMILES string of the molecule is COc1ccc(Cn2cnc3c(cnn3-c3cc(C)cc(C)c3)c2=O)cc1F. The molecule has 0 atom stereocenters. The largest absolute Gasteiger partial charge is 0.494 e. The zero-order valence-corrected chi connectivity index (χ0v) is 15.8. The third-order valence-corrected chi connectivity index (χ3v) is 4.57. The summed E-state index contributed by atoms with van der Waals surface area (Å²) in [6, 6.07) is 10.7. The Kier molecular flexibility index (Phi) is 4.43. The summed E-state index contributed by atoms with van der Waals surface area (Å²) < 4.78 is 22.0. The van der Waals surface area contributed by atoms with Crippen molar-refractivity contribution < 1.29 is 9.13 Å². The molecule has 0 bridgehead atoms. The lowest BCUT2D eigenvalue weighted by atomic mass is 10.1. The normalized spacial score (nSPS) is 11.1. The summed E-state index contributed by atoms with van der Waals surface area (Å²) in [7, 11) is 1.41. The minimum atomic E-state index is -0.468. The van der Waals surface area contributed by atoms with E-state index in [0.717, 1.165) is 16.8 Å². The summed E-state index contributed by atoms with van der Waals surface area (Å²) >= 11 is 0. The van der Waals surface area contributed by atoms with Gasteiger partial charge in [-0.2, -0.15) is 5.10 Å². The number of rotatable bonds is 4. The zero-order valence-electron chi connectivity index (χ0n) is 15.8. The maximum absolute atomic E-state index is 13.9. The van der Waals surface area contributed by atoms with Crippen LogP contribution in [-0.4, -0.2) is 26.4 Å². The van der Waals surface area contributed by atoms with Crippen LogP contribution in [0.3, 0.4) is 0 Å². The summed E-state index contributed by atoms with van der Waals surface area (Å²) in [4.78, 5) is 17.3. The molecule has 0 fully saturated rings. The first-order valence-corrected chi connectivity index (χ1v) is 8.80. The van der Waals surface area contributed by atoms with Gasteiger partial charge in [0.2, 0.25) is 0 Å². The van der Waals surface area contributed by atoms with Gasteiger partial charge in [-0.3, -0.25) is 9.36 Å². The van der Waals surface area contributed by atoms with Crippen LogP contribution in [0.1, 0.15) is 16.7 Å². The fourth-order valence-corrected chi connectivity index (χ4v) is 3.33. The van der Waals surface area contributed by atoms with E-state index in [2.05, 4.69) is 16.1 Å². The lowest BCUT2D eigenvalue weighted by Gasteiger charge is -2.09. The fourth-order valence-electron chi connectivity index (χ4n) is 3.33. The molecular formula is C21H19FN4O2. The smallest absolute Gasteiger partial charge is 0.264 e. The zero-order chi connectivity index (χ0) is 19.8. The maximum Gasteiger partial charge on any atom is 0.264 e. The number of benzene rings is 2. The molecule has 0 saturated heterocycles. The molecule has 7 heteroatoms. The molecule has 0 N–H and O–H groups in total. The van der Waals surface area contributed by atoms with Crippen molar-refractivity contribution >= 4 is 11.0 Å². The molecule has 0 aliphatic heterocycles. The van der Waals surface area contributed by atoms with Crippen LogP contribution < -0.4 is 10.3 Å². The molecule has 4 rings (SSSR count). The molecule has 2 aromatic carbocycles. The minimum absolute atomic E-state index is 0.166. The van der Waals surface area contributed by atoms with Crippen molar-refractivity contribution in [1.82, 2.24) is 19.3 Å². The minimum Gasteiger partial charge on any atom is -0.494 e. The van der Waals surface area contributed by atoms with E-state index in [1.54, 1.807) is 16.8 Å². The number of hydrogen-bond donors (Lipinski definition) is 0. The Hall–Kier alpha value is -3.48. The molecule has 4 aromatic rings. The lowest BCUT2D eigenvalue weighted by Crippen LogP contribution is -2.21. The second-order valence-electron chi connectivity index (χ2n) is 6.79. The highest BCUT2D eigenvalue weighted by atomic mass is 19.1. The van der Waals surface area contributed by atoms with E-state index in [1.165, 1.54) is 30.3 Å². The predicted molar refractivity (Wildman–Crippen MR) is 105 cm³/mol. The van der Waals surface area contributed by atoms with Crippen molar-refractivity contribution in [3.63, 3.8) is 0 Å². The van der Waals surface area contributed by atoms with Gasteiger partial charge in [0.25, 0.3) is 5.56 Å². The van der Waals surface area contributed by atoms with Gasteiger partial charge in [0.15, 0.2) is 17.2 Å². The molecule has 0 saturated carbocycles. The van der Waals surface area contributed by atoms with Crippen LogP contribution in [0.15, 0.2) is 53.7 Å². The number of nitrogens with zero attached hydrogens (tertiary/aromatic N) is 4. The van der Waals surface area contributed by atoms with E-state index in [0.29, 0.717) is 16.6 Å². The first-order chi connectivity index (χ1) is 13.5. The first kappa shape index (κ1) is 17.9. The quantitative estimate of drug-likeness (QED) is 0.546. The molecular weight excluding hydrogens is 359 g/mol. The summed E-state index contributed by atoms with van der Waals surface area (Å²) in [5.41, 5.74) is 3.98. The van der Waals surface area contributed by atoms with Crippen molar-refractivity contribution in [2.24, 2.45) is 0 Å². The van der Waals surface area contributed by atoms with E-state index < -0.39 is 5.82 Å². The standard InChI is InChI=1S/C21H19FN4O2/c1-13-6-14(2)8-16(7-13)26-20-17(10-24-26)21(27)25(12-23-20)11-15-4-5-19(28-3)18(22)9-15/h4-10,12H,11H2,1-3H3. The third-order valence-electron chi connectivity index (χ3n) is 4.57. The summed E-state index contributed by atoms with van der Waals surface area (Å²) in [5, 5.41) is 4.77. The highest BCUT2D eigenvalue weighted by Crippen LogP contribution is 2.19. The van der Waals surface area contributed by atoms with Crippen molar-refractivity contribution in [1.29, 1.82) is 0 Å². The number of methoxy groups -OCH3 is 1. The van der Waals surface area contributed by atoms with E-state index in [9.17, 15) is 9.18 Å².